The molecule has 0 aliphatic carbocycles. The number of halogens is 1. The number of ether oxygens (including phenoxy) is 2. The Morgan fingerprint density at radius 3 is 2.64 bits per heavy atom. The summed E-state index contributed by atoms with van der Waals surface area (Å²) in [6, 6.07) is 12.0. The Morgan fingerprint density at radius 1 is 1.21 bits per heavy atom. The fourth-order valence-corrected chi connectivity index (χ4v) is 5.01. The zero-order valence-corrected chi connectivity index (χ0v) is 19.6. The number of amides is 1. The van der Waals surface area contributed by atoms with E-state index in [0.717, 1.165) is 16.0 Å². The first-order chi connectivity index (χ1) is 15.9. The lowest BCUT2D eigenvalue weighted by Crippen LogP contribution is -2.39. The largest absolute Gasteiger partial charge is 0.493 e. The van der Waals surface area contributed by atoms with Crippen molar-refractivity contribution in [2.75, 3.05) is 20.8 Å². The molecule has 4 rings (SSSR count). The summed E-state index contributed by atoms with van der Waals surface area (Å²) < 4.78 is 11.0. The summed E-state index contributed by atoms with van der Waals surface area (Å²) in [5.41, 5.74) is 2.42. The molecular weight excluding hydrogens is 464 g/mol. The van der Waals surface area contributed by atoms with Crippen LogP contribution in [0.15, 0.2) is 53.9 Å². The summed E-state index contributed by atoms with van der Waals surface area (Å²) >= 11 is 7.47. The van der Waals surface area contributed by atoms with Gasteiger partial charge in [0.25, 0.3) is 5.69 Å². The van der Waals surface area contributed by atoms with E-state index >= 15 is 0 Å². The highest BCUT2D eigenvalue weighted by Gasteiger charge is 2.33. The number of thiophene rings is 1. The van der Waals surface area contributed by atoms with E-state index in [9.17, 15) is 14.9 Å². The number of hydrogen-bond acceptors (Lipinski definition) is 6. The molecule has 3 aromatic rings. The molecule has 2 heterocycles. The summed E-state index contributed by atoms with van der Waals surface area (Å²) in [5, 5.41) is 13.2. The number of methoxy groups -OCH3 is 2. The Morgan fingerprint density at radius 2 is 1.97 bits per heavy atom. The zero-order chi connectivity index (χ0) is 23.5. The van der Waals surface area contributed by atoms with Crippen LogP contribution in [0.1, 0.15) is 27.6 Å². The van der Waals surface area contributed by atoms with Gasteiger partial charge in [-0.05, 0) is 58.8 Å². The summed E-state index contributed by atoms with van der Waals surface area (Å²) in [5.74, 6) is 1.08. The van der Waals surface area contributed by atoms with E-state index in [-0.39, 0.29) is 22.7 Å². The molecule has 0 saturated carbocycles. The lowest BCUT2D eigenvalue weighted by atomic mass is 9.90. The van der Waals surface area contributed by atoms with Gasteiger partial charge in [0.1, 0.15) is 5.02 Å². The highest BCUT2D eigenvalue weighted by atomic mass is 35.5. The number of rotatable bonds is 6. The molecule has 1 aliphatic heterocycles. The molecule has 0 spiro atoms. The van der Waals surface area contributed by atoms with Crippen molar-refractivity contribution in [3.8, 4) is 11.5 Å². The molecule has 0 bridgehead atoms. The van der Waals surface area contributed by atoms with Crippen LogP contribution in [0.2, 0.25) is 5.02 Å². The summed E-state index contributed by atoms with van der Waals surface area (Å²) in [4.78, 5) is 26.7. The van der Waals surface area contributed by atoms with Gasteiger partial charge < -0.3 is 14.4 Å². The average Bonchev–Trinajstić information content (AvgIpc) is 3.35. The maximum atomic E-state index is 13.3. The van der Waals surface area contributed by atoms with E-state index in [1.807, 2.05) is 29.6 Å². The zero-order valence-electron chi connectivity index (χ0n) is 18.0. The first-order valence-electron chi connectivity index (χ1n) is 10.1. The van der Waals surface area contributed by atoms with E-state index in [4.69, 9.17) is 21.1 Å². The van der Waals surface area contributed by atoms with Crippen LogP contribution in [0.25, 0.3) is 6.08 Å². The quantitative estimate of drug-likeness (QED) is 0.261. The van der Waals surface area contributed by atoms with Gasteiger partial charge in [0.2, 0.25) is 5.91 Å². The molecule has 1 unspecified atom stereocenters. The van der Waals surface area contributed by atoms with Crippen molar-refractivity contribution in [3.05, 3.63) is 90.6 Å². The van der Waals surface area contributed by atoms with Crippen LogP contribution in [0.3, 0.4) is 0 Å². The Balaban J connectivity index is 1.69. The molecule has 33 heavy (non-hydrogen) atoms. The molecule has 7 nitrogen and oxygen atoms in total. The van der Waals surface area contributed by atoms with Gasteiger partial charge in [-0.25, -0.2) is 0 Å². The predicted molar refractivity (Wildman–Crippen MR) is 128 cm³/mol. The van der Waals surface area contributed by atoms with Crippen molar-refractivity contribution < 1.29 is 19.2 Å². The third kappa shape index (κ3) is 4.58. The number of benzene rings is 2. The number of fused-ring (bicyclic) bond motifs is 1. The van der Waals surface area contributed by atoms with Gasteiger partial charge >= 0.3 is 0 Å². The predicted octanol–water partition coefficient (Wildman–Crippen LogP) is 5.51. The van der Waals surface area contributed by atoms with Crippen molar-refractivity contribution in [2.24, 2.45) is 0 Å². The Bertz CT molecular complexity index is 1230. The normalized spacial score (nSPS) is 15.4. The van der Waals surface area contributed by atoms with Crippen molar-refractivity contribution in [1.82, 2.24) is 4.90 Å². The van der Waals surface area contributed by atoms with Gasteiger partial charge in [-0.1, -0.05) is 23.7 Å². The maximum absolute atomic E-state index is 13.3. The molecule has 170 valence electrons. The number of nitro benzene ring substituents is 1. The van der Waals surface area contributed by atoms with Gasteiger partial charge in [0, 0.05) is 23.6 Å². The molecule has 2 aromatic carbocycles. The van der Waals surface area contributed by atoms with Gasteiger partial charge in [0.15, 0.2) is 11.5 Å². The summed E-state index contributed by atoms with van der Waals surface area (Å²) in [6.45, 7) is 0.523. The van der Waals surface area contributed by atoms with Gasteiger partial charge in [0.05, 0.1) is 25.2 Å². The SMILES string of the molecule is COc1cc2c(cc1OC)C(c1cccs1)N(C(=O)C=Cc1ccc(Cl)c([N+](=O)[O-])c1)CC2. The Kier molecular flexibility index (Phi) is 6.67. The van der Waals surface area contributed by atoms with E-state index in [0.29, 0.717) is 30.0 Å². The topological polar surface area (TPSA) is 81.9 Å². The van der Waals surface area contributed by atoms with E-state index in [2.05, 4.69) is 0 Å². The number of carbonyl (C=O) groups is 1. The fraction of sp³-hybridized carbons (Fsp3) is 0.208. The first kappa shape index (κ1) is 22.8. The van der Waals surface area contributed by atoms with E-state index < -0.39 is 4.92 Å². The summed E-state index contributed by atoms with van der Waals surface area (Å²) in [6.07, 6.45) is 3.68. The summed E-state index contributed by atoms with van der Waals surface area (Å²) in [7, 11) is 3.19. The van der Waals surface area contributed by atoms with Crippen LogP contribution in [-0.2, 0) is 11.2 Å². The molecule has 1 amide bonds. The van der Waals surface area contributed by atoms with Gasteiger partial charge in [-0.3, -0.25) is 14.9 Å². The van der Waals surface area contributed by atoms with E-state index in [1.165, 1.54) is 18.2 Å². The maximum Gasteiger partial charge on any atom is 0.288 e. The van der Waals surface area contributed by atoms with Crippen molar-refractivity contribution in [3.63, 3.8) is 0 Å². The lowest BCUT2D eigenvalue weighted by molar-refractivity contribution is -0.384. The standard InChI is InChI=1S/C24H21ClN2O5S/c1-31-20-13-16-9-10-26(24(22-4-3-11-33-22)17(16)14-21(20)32-2)23(28)8-6-15-5-7-18(25)19(12-15)27(29)30/h3-8,11-14,24H,9-10H2,1-2H3. The monoisotopic (exact) mass is 484 g/mol. The average molecular weight is 485 g/mol. The molecule has 0 fully saturated rings. The molecule has 9 heteroatoms. The minimum atomic E-state index is -0.544. The lowest BCUT2D eigenvalue weighted by Gasteiger charge is -2.37. The van der Waals surface area contributed by atoms with Gasteiger partial charge in [-0.2, -0.15) is 0 Å². The molecule has 0 radical (unpaired) electrons. The van der Waals surface area contributed by atoms with Crippen LogP contribution in [-0.4, -0.2) is 36.5 Å². The van der Waals surface area contributed by atoms with Crippen LogP contribution in [0, 0.1) is 10.1 Å². The number of nitrogens with zero attached hydrogens (tertiary/aromatic N) is 2. The Labute approximate surface area is 200 Å². The second-order valence-corrected chi connectivity index (χ2v) is 8.79. The third-order valence-electron chi connectivity index (χ3n) is 5.55. The van der Waals surface area contributed by atoms with Crippen molar-refractivity contribution >= 4 is 40.6 Å². The molecule has 1 aromatic heterocycles. The van der Waals surface area contributed by atoms with Crippen LogP contribution in [0.4, 0.5) is 5.69 Å². The number of nitro groups is 1. The van der Waals surface area contributed by atoms with Crippen molar-refractivity contribution in [1.29, 1.82) is 0 Å². The molecule has 0 saturated heterocycles. The molecular formula is C24H21ClN2O5S. The molecule has 1 aliphatic rings. The smallest absolute Gasteiger partial charge is 0.288 e. The van der Waals surface area contributed by atoms with Crippen molar-refractivity contribution in [2.45, 2.75) is 12.5 Å². The number of hydrogen-bond donors (Lipinski definition) is 0. The highest BCUT2D eigenvalue weighted by Crippen LogP contribution is 2.42. The Hall–Kier alpha value is -3.36. The second kappa shape index (κ2) is 9.64. The minimum absolute atomic E-state index is 0.0539. The third-order valence-corrected chi connectivity index (χ3v) is 6.80. The van der Waals surface area contributed by atoms with E-state index in [1.54, 1.807) is 42.6 Å². The number of carbonyl (C=O) groups excluding carboxylic acids is 1. The first-order valence-corrected chi connectivity index (χ1v) is 11.4. The van der Waals surface area contributed by atoms with Crippen LogP contribution in [0.5, 0.6) is 11.5 Å². The van der Waals surface area contributed by atoms with Gasteiger partial charge in [-0.15, -0.1) is 11.3 Å². The molecule has 1 atom stereocenters. The highest BCUT2D eigenvalue weighted by molar-refractivity contribution is 7.10. The van der Waals surface area contributed by atoms with Crippen LogP contribution < -0.4 is 9.47 Å². The second-order valence-electron chi connectivity index (χ2n) is 7.41. The fourth-order valence-electron chi connectivity index (χ4n) is 3.97. The van der Waals surface area contributed by atoms with Crippen LogP contribution >= 0.6 is 22.9 Å². The minimum Gasteiger partial charge on any atom is -0.493 e. The molecule has 0 N–H and O–H groups in total.